The molecular formula is C8H10BClO2. The molecule has 0 heterocycles. The van der Waals surface area contributed by atoms with Crippen molar-refractivity contribution in [2.75, 3.05) is 0 Å². The molecule has 0 amide bonds. The van der Waals surface area contributed by atoms with Crippen LogP contribution >= 0.6 is 11.6 Å². The molecule has 0 bridgehead atoms. The van der Waals surface area contributed by atoms with Crippen LogP contribution < -0.4 is 0 Å². The largest absolute Gasteiger partial charge is 0.436 e. The molecule has 0 aliphatic carbocycles. The van der Waals surface area contributed by atoms with E-state index in [1.165, 1.54) is 0 Å². The Morgan fingerprint density at radius 3 is 2.83 bits per heavy atom. The molecule has 0 aromatic heterocycles. The summed E-state index contributed by atoms with van der Waals surface area (Å²) in [6.07, 6.45) is 0.484. The maximum Gasteiger partial charge on any atom is 0.436 e. The lowest BCUT2D eigenvalue weighted by Crippen LogP contribution is -2.11. The van der Waals surface area contributed by atoms with Gasteiger partial charge in [0.1, 0.15) is 5.56 Å². The van der Waals surface area contributed by atoms with Crippen molar-refractivity contribution < 1.29 is 9.68 Å². The van der Waals surface area contributed by atoms with Gasteiger partial charge in [-0.1, -0.05) is 41.9 Å². The van der Waals surface area contributed by atoms with Crippen molar-refractivity contribution in [3.63, 3.8) is 0 Å². The molecule has 0 spiro atoms. The minimum absolute atomic E-state index is 0.484. The molecule has 1 aromatic rings. The number of alkyl halides is 1. The Hall–Kier alpha value is -0.505. The predicted molar refractivity (Wildman–Crippen MR) is 50.2 cm³/mol. The quantitative estimate of drug-likeness (QED) is 0.562. The van der Waals surface area contributed by atoms with Gasteiger partial charge in [0, 0.05) is 6.42 Å². The van der Waals surface area contributed by atoms with Gasteiger partial charge in [-0.2, -0.15) is 0 Å². The molecular weight excluding hydrogens is 174 g/mol. The molecule has 0 unspecified atom stereocenters. The Balaban J connectivity index is 2.41. The Labute approximate surface area is 78.8 Å². The van der Waals surface area contributed by atoms with Crippen LogP contribution in [0.2, 0.25) is 0 Å². The molecule has 1 rings (SSSR count). The Morgan fingerprint density at radius 1 is 1.58 bits per heavy atom. The standard InChI is InChI=1S/C8H10BClO2/c10-8(12-9-11)6-7-4-2-1-3-5-7/h1-5,8-9,11H,6H2/t8-/m1/s1/i9D. The molecule has 12 heavy (non-hydrogen) atoms. The lowest BCUT2D eigenvalue weighted by atomic mass is 10.2. The van der Waals surface area contributed by atoms with Crippen molar-refractivity contribution in [1.82, 2.24) is 0 Å². The molecule has 2 nitrogen and oxygen atoms in total. The average Bonchev–Trinajstić information content (AvgIpc) is 2.04. The molecule has 1 N–H and O–H groups in total. The third-order valence-electron chi connectivity index (χ3n) is 1.45. The van der Waals surface area contributed by atoms with E-state index in [1.54, 1.807) is 0 Å². The van der Waals surface area contributed by atoms with E-state index < -0.39 is 13.2 Å². The van der Waals surface area contributed by atoms with Crippen LogP contribution in [0.1, 0.15) is 5.56 Å². The second kappa shape index (κ2) is 5.20. The van der Waals surface area contributed by atoms with E-state index in [0.717, 1.165) is 5.56 Å². The van der Waals surface area contributed by atoms with Gasteiger partial charge in [0.25, 0.3) is 0 Å². The predicted octanol–water partition coefficient (Wildman–Crippen LogP) is 1.07. The minimum Gasteiger partial charge on any atom is -0.430 e. The monoisotopic (exact) mass is 185 g/mol. The molecule has 0 aliphatic heterocycles. The zero-order valence-electron chi connectivity index (χ0n) is 7.48. The number of benzene rings is 1. The zero-order chi connectivity index (χ0) is 9.68. The first-order valence-electron chi connectivity index (χ1n) is 4.20. The summed E-state index contributed by atoms with van der Waals surface area (Å²) in [6.45, 7) is 0. The van der Waals surface area contributed by atoms with Crippen LogP contribution in [-0.4, -0.2) is 19.6 Å². The van der Waals surface area contributed by atoms with E-state index >= 15 is 0 Å². The van der Waals surface area contributed by atoms with Crippen molar-refractivity contribution in [3.8, 4) is 0 Å². The highest BCUT2D eigenvalue weighted by molar-refractivity contribution is 6.24. The number of halogens is 1. The minimum atomic E-state index is -1.56. The molecule has 1 aromatic carbocycles. The summed E-state index contributed by atoms with van der Waals surface area (Å²) in [4.78, 5) is 0. The van der Waals surface area contributed by atoms with Crippen molar-refractivity contribution in [2.45, 2.75) is 12.0 Å². The van der Waals surface area contributed by atoms with Crippen LogP contribution in [0.5, 0.6) is 0 Å². The third-order valence-corrected chi connectivity index (χ3v) is 1.70. The summed E-state index contributed by atoms with van der Waals surface area (Å²) in [6, 6.07) is 9.53. The lowest BCUT2D eigenvalue weighted by molar-refractivity contribution is 0.253. The van der Waals surface area contributed by atoms with E-state index in [1.807, 2.05) is 30.3 Å². The highest BCUT2D eigenvalue weighted by Gasteiger charge is 2.04. The number of hydrogen-bond donors (Lipinski definition) is 1. The van der Waals surface area contributed by atoms with Crippen LogP contribution in [0.4, 0.5) is 0 Å². The summed E-state index contributed by atoms with van der Waals surface area (Å²) >= 11 is 5.71. The average molecular weight is 185 g/mol. The molecule has 64 valence electrons. The fourth-order valence-electron chi connectivity index (χ4n) is 0.914. The number of rotatable bonds is 4. The van der Waals surface area contributed by atoms with Gasteiger partial charge in [0.2, 0.25) is 0 Å². The number of hydrogen-bond acceptors (Lipinski definition) is 2. The first kappa shape index (κ1) is 8.11. The van der Waals surface area contributed by atoms with Crippen molar-refractivity contribution >= 4 is 19.2 Å². The maximum atomic E-state index is 8.56. The van der Waals surface area contributed by atoms with Crippen LogP contribution in [-0.2, 0) is 11.1 Å². The van der Waals surface area contributed by atoms with Crippen molar-refractivity contribution in [2.24, 2.45) is 0 Å². The van der Waals surface area contributed by atoms with Crippen molar-refractivity contribution in [3.05, 3.63) is 35.9 Å². The lowest BCUT2D eigenvalue weighted by Gasteiger charge is -2.07. The van der Waals surface area contributed by atoms with E-state index in [4.69, 9.17) is 18.0 Å². The first-order valence-corrected chi connectivity index (χ1v) is 4.06. The molecule has 0 aliphatic rings. The van der Waals surface area contributed by atoms with Gasteiger partial charge in [0.15, 0.2) is 0 Å². The van der Waals surface area contributed by atoms with Gasteiger partial charge in [0.05, 0.1) is 1.34 Å². The fourth-order valence-corrected chi connectivity index (χ4v) is 1.14. The molecule has 0 fully saturated rings. The molecule has 0 saturated heterocycles. The second-order valence-corrected chi connectivity index (χ2v) is 2.83. The highest BCUT2D eigenvalue weighted by atomic mass is 35.5. The summed E-state index contributed by atoms with van der Waals surface area (Å²) in [5, 5.41) is 8.56. The van der Waals surface area contributed by atoms with E-state index in [2.05, 4.69) is 4.65 Å². The van der Waals surface area contributed by atoms with Gasteiger partial charge in [-0.3, -0.25) is 0 Å². The van der Waals surface area contributed by atoms with Crippen LogP contribution in [0.3, 0.4) is 0 Å². The Bertz CT molecular complexity index is 245. The third kappa shape index (κ3) is 3.26. The summed E-state index contributed by atoms with van der Waals surface area (Å²) in [5.74, 6) is 0. The molecule has 0 radical (unpaired) electrons. The smallest absolute Gasteiger partial charge is 0.430 e. The van der Waals surface area contributed by atoms with Gasteiger partial charge in [-0.05, 0) is 5.56 Å². The van der Waals surface area contributed by atoms with Crippen LogP contribution in [0.15, 0.2) is 30.3 Å². The Kier molecular flexibility index (Phi) is 3.51. The molecule has 1 atom stereocenters. The van der Waals surface area contributed by atoms with Gasteiger partial charge >= 0.3 is 7.65 Å². The second-order valence-electron chi connectivity index (χ2n) is 2.34. The summed E-state index contributed by atoms with van der Waals surface area (Å²) in [5.41, 5.74) is 0.359. The first-order chi connectivity index (χ1) is 6.18. The normalized spacial score (nSPS) is 13.7. The SMILES string of the molecule is [2H]B(O)O[C@@H](Cl)Cc1ccccc1. The molecule has 0 saturated carbocycles. The summed E-state index contributed by atoms with van der Waals surface area (Å²) < 4.78 is 11.4. The summed E-state index contributed by atoms with van der Waals surface area (Å²) in [7, 11) is -1.56. The van der Waals surface area contributed by atoms with Crippen LogP contribution in [0, 0.1) is 0 Å². The van der Waals surface area contributed by atoms with E-state index in [9.17, 15) is 0 Å². The van der Waals surface area contributed by atoms with Gasteiger partial charge in [-0.15, -0.1) is 0 Å². The highest BCUT2D eigenvalue weighted by Crippen LogP contribution is 2.07. The fraction of sp³-hybridized carbons (Fsp3) is 0.250. The topological polar surface area (TPSA) is 29.5 Å². The zero-order valence-corrected chi connectivity index (χ0v) is 7.24. The van der Waals surface area contributed by atoms with E-state index in [0.29, 0.717) is 6.42 Å². The Morgan fingerprint density at radius 2 is 2.25 bits per heavy atom. The molecule has 4 heteroatoms. The van der Waals surface area contributed by atoms with Crippen LogP contribution in [0.25, 0.3) is 0 Å². The van der Waals surface area contributed by atoms with Gasteiger partial charge in [-0.25, -0.2) is 0 Å². The maximum absolute atomic E-state index is 8.56. The van der Waals surface area contributed by atoms with E-state index in [-0.39, 0.29) is 0 Å². The van der Waals surface area contributed by atoms with Gasteiger partial charge < -0.3 is 9.68 Å². The van der Waals surface area contributed by atoms with Crippen molar-refractivity contribution in [1.29, 1.82) is 1.34 Å².